The normalized spacial score (nSPS) is 21.5. The van der Waals surface area contributed by atoms with Gasteiger partial charge in [0.25, 0.3) is 0 Å². The fourth-order valence-corrected chi connectivity index (χ4v) is 2.70. The third kappa shape index (κ3) is 3.33. The summed E-state index contributed by atoms with van der Waals surface area (Å²) in [6, 6.07) is 5.96. The van der Waals surface area contributed by atoms with Crippen LogP contribution in [0.4, 0.5) is 0 Å². The lowest BCUT2D eigenvalue weighted by molar-refractivity contribution is 0.1000. The van der Waals surface area contributed by atoms with Gasteiger partial charge in [-0.3, -0.25) is 9.69 Å². The van der Waals surface area contributed by atoms with Gasteiger partial charge in [0, 0.05) is 24.7 Å². The van der Waals surface area contributed by atoms with Crippen LogP contribution in [0.5, 0.6) is 0 Å². The number of hydrogen-bond donors (Lipinski definition) is 2. The summed E-state index contributed by atoms with van der Waals surface area (Å²) in [4.78, 5) is 13.6. The molecule has 1 aromatic carbocycles. The maximum absolute atomic E-state index is 11.1. The van der Waals surface area contributed by atoms with Crippen molar-refractivity contribution in [1.29, 1.82) is 0 Å². The van der Waals surface area contributed by atoms with Gasteiger partial charge in [-0.05, 0) is 56.0 Å². The molecule has 1 saturated heterocycles. The van der Waals surface area contributed by atoms with Gasteiger partial charge in [0.1, 0.15) is 0 Å². The minimum absolute atomic E-state index is 0.267. The highest BCUT2D eigenvalue weighted by molar-refractivity contribution is 5.93. The highest BCUT2D eigenvalue weighted by Gasteiger charge is 2.25. The molecule has 0 aliphatic carbocycles. The highest BCUT2D eigenvalue weighted by atomic mass is 16.1. The smallest absolute Gasteiger partial charge is 0.248 e. The Morgan fingerprint density at radius 1 is 1.53 bits per heavy atom. The minimum atomic E-state index is -0.368. The van der Waals surface area contributed by atoms with E-state index in [-0.39, 0.29) is 11.9 Å². The number of aryl methyl sites for hydroxylation is 1. The van der Waals surface area contributed by atoms with E-state index in [9.17, 15) is 4.79 Å². The Bertz CT molecular complexity index is 470. The third-order valence-corrected chi connectivity index (χ3v) is 4.07. The molecule has 1 fully saturated rings. The molecule has 2 unspecified atom stereocenters. The Morgan fingerprint density at radius 3 is 2.79 bits per heavy atom. The molecule has 0 saturated carbocycles. The maximum Gasteiger partial charge on any atom is 0.248 e. The van der Waals surface area contributed by atoms with Crippen LogP contribution < -0.4 is 11.5 Å². The second kappa shape index (κ2) is 5.72. The summed E-state index contributed by atoms with van der Waals surface area (Å²) in [5.74, 6) is 0.234. The fourth-order valence-electron chi connectivity index (χ4n) is 2.70. The van der Waals surface area contributed by atoms with Crippen molar-refractivity contribution in [3.63, 3.8) is 0 Å². The lowest BCUT2D eigenvalue weighted by Gasteiger charge is -2.19. The fraction of sp³-hybridized carbons (Fsp3) is 0.533. The highest BCUT2D eigenvalue weighted by Crippen LogP contribution is 2.22. The summed E-state index contributed by atoms with van der Waals surface area (Å²) in [7, 11) is 0. The average Bonchev–Trinajstić information content (AvgIpc) is 2.80. The number of primary amides is 1. The number of nitrogens with two attached hydrogens (primary N) is 2. The summed E-state index contributed by atoms with van der Waals surface area (Å²) in [6.45, 7) is 7.20. The molecule has 1 aromatic rings. The van der Waals surface area contributed by atoms with Crippen LogP contribution >= 0.6 is 0 Å². The van der Waals surface area contributed by atoms with Crippen molar-refractivity contribution in [3.05, 3.63) is 34.9 Å². The monoisotopic (exact) mass is 261 g/mol. The van der Waals surface area contributed by atoms with E-state index in [1.54, 1.807) is 0 Å². The molecule has 4 N–H and O–H groups in total. The van der Waals surface area contributed by atoms with Gasteiger partial charge in [0.2, 0.25) is 5.91 Å². The first kappa shape index (κ1) is 14.0. The van der Waals surface area contributed by atoms with Crippen molar-refractivity contribution < 1.29 is 4.79 Å². The first-order chi connectivity index (χ1) is 8.97. The second-order valence-electron chi connectivity index (χ2n) is 5.65. The molecule has 0 bridgehead atoms. The quantitative estimate of drug-likeness (QED) is 0.857. The van der Waals surface area contributed by atoms with Gasteiger partial charge in [-0.25, -0.2) is 0 Å². The molecule has 1 heterocycles. The molecular weight excluding hydrogens is 238 g/mol. The van der Waals surface area contributed by atoms with E-state index in [0.717, 1.165) is 25.2 Å². The van der Waals surface area contributed by atoms with E-state index in [2.05, 4.69) is 11.8 Å². The van der Waals surface area contributed by atoms with Crippen LogP contribution in [0.15, 0.2) is 18.2 Å². The van der Waals surface area contributed by atoms with Crippen molar-refractivity contribution in [3.8, 4) is 0 Å². The Balaban J connectivity index is 2.02. The Morgan fingerprint density at radius 2 is 2.26 bits per heavy atom. The zero-order chi connectivity index (χ0) is 14.0. The first-order valence-corrected chi connectivity index (χ1v) is 6.84. The number of rotatable bonds is 4. The minimum Gasteiger partial charge on any atom is -0.366 e. The van der Waals surface area contributed by atoms with E-state index >= 15 is 0 Å². The van der Waals surface area contributed by atoms with Crippen LogP contribution in [-0.4, -0.2) is 29.9 Å². The predicted octanol–water partition coefficient (Wildman–Crippen LogP) is 1.26. The molecule has 0 spiro atoms. The molecule has 2 atom stereocenters. The van der Waals surface area contributed by atoms with E-state index in [0.29, 0.717) is 11.5 Å². The van der Waals surface area contributed by atoms with Gasteiger partial charge in [-0.1, -0.05) is 6.07 Å². The van der Waals surface area contributed by atoms with Crippen LogP contribution in [0.25, 0.3) is 0 Å². The van der Waals surface area contributed by atoms with Crippen molar-refractivity contribution in [2.24, 2.45) is 17.4 Å². The molecule has 4 nitrogen and oxygen atoms in total. The van der Waals surface area contributed by atoms with Gasteiger partial charge >= 0.3 is 0 Å². The number of benzene rings is 1. The lowest BCUT2D eigenvalue weighted by Crippen LogP contribution is -2.29. The Hall–Kier alpha value is -1.39. The largest absolute Gasteiger partial charge is 0.366 e. The zero-order valence-corrected chi connectivity index (χ0v) is 11.7. The van der Waals surface area contributed by atoms with Crippen molar-refractivity contribution >= 4 is 5.91 Å². The van der Waals surface area contributed by atoms with Crippen LogP contribution in [-0.2, 0) is 6.54 Å². The average molecular weight is 261 g/mol. The van der Waals surface area contributed by atoms with E-state index in [1.165, 1.54) is 12.0 Å². The number of amides is 1. The molecule has 0 aromatic heterocycles. The summed E-state index contributed by atoms with van der Waals surface area (Å²) in [5.41, 5.74) is 14.2. The van der Waals surface area contributed by atoms with Gasteiger partial charge in [0.15, 0.2) is 0 Å². The summed E-state index contributed by atoms with van der Waals surface area (Å²) < 4.78 is 0. The number of carbonyl (C=O) groups is 1. The molecule has 4 heteroatoms. The van der Waals surface area contributed by atoms with Gasteiger partial charge in [0.05, 0.1) is 0 Å². The van der Waals surface area contributed by atoms with Crippen molar-refractivity contribution in [2.45, 2.75) is 32.9 Å². The van der Waals surface area contributed by atoms with E-state index in [1.807, 2.05) is 25.1 Å². The molecule has 104 valence electrons. The predicted molar refractivity (Wildman–Crippen MR) is 76.7 cm³/mol. The molecule has 1 amide bonds. The number of hydrogen-bond acceptors (Lipinski definition) is 3. The number of likely N-dealkylation sites (tertiary alicyclic amines) is 1. The van der Waals surface area contributed by atoms with Crippen LogP contribution in [0, 0.1) is 12.8 Å². The number of nitrogens with zero attached hydrogens (tertiary/aromatic N) is 1. The standard InChI is InChI=1S/C15H23N3O/c1-10-7-12(15(17)19)3-4-13(10)8-18-6-5-14(9-18)11(2)16/h3-4,7,11,14H,5-6,8-9,16H2,1-2H3,(H2,17,19). The Kier molecular flexibility index (Phi) is 4.22. The molecule has 2 rings (SSSR count). The molecule has 0 radical (unpaired) electrons. The summed E-state index contributed by atoms with van der Waals surface area (Å²) >= 11 is 0. The van der Waals surface area contributed by atoms with Crippen LogP contribution in [0.1, 0.15) is 34.8 Å². The summed E-state index contributed by atoms with van der Waals surface area (Å²) in [6.07, 6.45) is 1.18. The van der Waals surface area contributed by atoms with Crippen LogP contribution in [0.2, 0.25) is 0 Å². The van der Waals surface area contributed by atoms with E-state index in [4.69, 9.17) is 11.5 Å². The topological polar surface area (TPSA) is 72.4 Å². The summed E-state index contributed by atoms with van der Waals surface area (Å²) in [5, 5.41) is 0. The molecular formula is C15H23N3O. The third-order valence-electron chi connectivity index (χ3n) is 4.07. The van der Waals surface area contributed by atoms with Gasteiger partial charge < -0.3 is 11.5 Å². The zero-order valence-electron chi connectivity index (χ0n) is 11.7. The molecule has 19 heavy (non-hydrogen) atoms. The second-order valence-corrected chi connectivity index (χ2v) is 5.65. The van der Waals surface area contributed by atoms with Crippen LogP contribution in [0.3, 0.4) is 0 Å². The Labute approximate surface area is 114 Å². The first-order valence-electron chi connectivity index (χ1n) is 6.84. The van der Waals surface area contributed by atoms with Crippen molar-refractivity contribution in [2.75, 3.05) is 13.1 Å². The van der Waals surface area contributed by atoms with Gasteiger partial charge in [-0.15, -0.1) is 0 Å². The molecule has 1 aliphatic rings. The van der Waals surface area contributed by atoms with E-state index < -0.39 is 0 Å². The maximum atomic E-state index is 11.1. The van der Waals surface area contributed by atoms with Crippen molar-refractivity contribution in [1.82, 2.24) is 4.90 Å². The lowest BCUT2D eigenvalue weighted by atomic mass is 10.0. The number of carbonyl (C=O) groups excluding carboxylic acids is 1. The molecule has 1 aliphatic heterocycles. The van der Waals surface area contributed by atoms with Gasteiger partial charge in [-0.2, -0.15) is 0 Å². The SMILES string of the molecule is Cc1cc(C(N)=O)ccc1CN1CCC(C(C)N)C1.